The minimum absolute atomic E-state index is 0.106. The molecule has 4 rings (SSSR count). The van der Waals surface area contributed by atoms with Gasteiger partial charge in [0, 0.05) is 57.1 Å². The summed E-state index contributed by atoms with van der Waals surface area (Å²) in [7, 11) is 0. The van der Waals surface area contributed by atoms with Crippen molar-refractivity contribution in [1.82, 2.24) is 14.7 Å². The Morgan fingerprint density at radius 2 is 1.48 bits per heavy atom. The molecule has 7 nitrogen and oxygen atoms in total. The normalized spacial score (nSPS) is 18.0. The lowest BCUT2D eigenvalue weighted by Crippen LogP contribution is -2.51. The number of benzene rings is 2. The first-order valence-electron chi connectivity index (χ1n) is 10.9. The number of nitrogens with one attached hydrogen (secondary N) is 1. The van der Waals surface area contributed by atoms with Crippen molar-refractivity contribution in [1.29, 1.82) is 0 Å². The fourth-order valence-electron chi connectivity index (χ4n) is 3.95. The quantitative estimate of drug-likeness (QED) is 0.771. The summed E-state index contributed by atoms with van der Waals surface area (Å²) in [6, 6.07) is 17.2. The molecule has 164 valence electrons. The highest BCUT2D eigenvalue weighted by Gasteiger charge is 2.23. The Balaban J connectivity index is 1.22. The van der Waals surface area contributed by atoms with Crippen molar-refractivity contribution in [3.63, 3.8) is 0 Å². The smallest absolute Gasteiger partial charge is 0.255 e. The van der Waals surface area contributed by atoms with Crippen LogP contribution in [0.15, 0.2) is 54.6 Å². The Bertz CT molecular complexity index is 858. The number of amides is 2. The number of carbonyl (C=O) groups excluding carboxylic acids is 2. The van der Waals surface area contributed by atoms with Gasteiger partial charge in [-0.25, -0.2) is 0 Å². The summed E-state index contributed by atoms with van der Waals surface area (Å²) in [6.07, 6.45) is 0. The van der Waals surface area contributed by atoms with Crippen LogP contribution < -0.4 is 5.32 Å². The van der Waals surface area contributed by atoms with Gasteiger partial charge < -0.3 is 15.0 Å². The minimum atomic E-state index is -0.106. The molecule has 0 aliphatic carbocycles. The summed E-state index contributed by atoms with van der Waals surface area (Å²) in [5, 5.41) is 2.91. The highest BCUT2D eigenvalue weighted by molar-refractivity contribution is 6.04. The molecule has 0 atom stereocenters. The van der Waals surface area contributed by atoms with Gasteiger partial charge in [-0.15, -0.1) is 0 Å². The Hall–Kier alpha value is -2.74. The van der Waals surface area contributed by atoms with Crippen LogP contribution in [0.2, 0.25) is 0 Å². The molecule has 2 heterocycles. The fourth-order valence-corrected chi connectivity index (χ4v) is 3.95. The highest BCUT2D eigenvalue weighted by atomic mass is 16.5. The van der Waals surface area contributed by atoms with Crippen molar-refractivity contribution in [3.05, 3.63) is 65.7 Å². The Morgan fingerprint density at radius 3 is 2.16 bits per heavy atom. The van der Waals surface area contributed by atoms with E-state index in [1.165, 1.54) is 5.56 Å². The number of hydrogen-bond acceptors (Lipinski definition) is 5. The lowest BCUT2D eigenvalue weighted by molar-refractivity contribution is -0.135. The summed E-state index contributed by atoms with van der Waals surface area (Å²) in [5.41, 5.74) is 2.60. The lowest BCUT2D eigenvalue weighted by Gasteiger charge is -2.36. The number of morpholine rings is 1. The van der Waals surface area contributed by atoms with E-state index in [4.69, 9.17) is 4.74 Å². The first-order chi connectivity index (χ1) is 15.2. The van der Waals surface area contributed by atoms with E-state index >= 15 is 0 Å². The summed E-state index contributed by atoms with van der Waals surface area (Å²) in [4.78, 5) is 31.4. The first-order valence-corrected chi connectivity index (χ1v) is 10.9. The van der Waals surface area contributed by atoms with Crippen LogP contribution in [-0.4, -0.2) is 85.5 Å². The fraction of sp³-hybridized carbons (Fsp3) is 0.417. The molecule has 2 aromatic carbocycles. The van der Waals surface area contributed by atoms with E-state index in [0.717, 1.165) is 51.5 Å². The molecule has 0 unspecified atom stereocenters. The average Bonchev–Trinajstić information content (AvgIpc) is 2.81. The number of hydrogen-bond donors (Lipinski definition) is 1. The molecular formula is C24H30N4O3. The molecule has 2 saturated heterocycles. The van der Waals surface area contributed by atoms with Crippen LogP contribution in [0.5, 0.6) is 0 Å². The van der Waals surface area contributed by atoms with Gasteiger partial charge in [-0.2, -0.15) is 0 Å². The van der Waals surface area contributed by atoms with E-state index in [0.29, 0.717) is 25.3 Å². The third kappa shape index (κ3) is 6.13. The maximum absolute atomic E-state index is 12.6. The van der Waals surface area contributed by atoms with Crippen molar-refractivity contribution >= 4 is 17.5 Å². The van der Waals surface area contributed by atoms with E-state index in [1.54, 1.807) is 0 Å². The number of piperazine rings is 1. The standard InChI is InChI=1S/C24H30N4O3/c29-23(19-27-14-16-31-17-15-27)28-12-10-26(11-13-28)18-20-6-8-21(9-7-20)24(30)25-22-4-2-1-3-5-22/h1-9H,10-19H2,(H,25,30). The van der Waals surface area contributed by atoms with E-state index < -0.39 is 0 Å². The van der Waals surface area contributed by atoms with Crippen molar-refractivity contribution in [3.8, 4) is 0 Å². The van der Waals surface area contributed by atoms with Crippen molar-refractivity contribution in [2.45, 2.75) is 6.54 Å². The van der Waals surface area contributed by atoms with Crippen molar-refractivity contribution in [2.75, 3.05) is 64.3 Å². The van der Waals surface area contributed by atoms with E-state index in [2.05, 4.69) is 15.1 Å². The van der Waals surface area contributed by atoms with Gasteiger partial charge in [0.05, 0.1) is 19.8 Å². The molecule has 0 saturated carbocycles. The van der Waals surface area contributed by atoms with E-state index in [1.807, 2.05) is 59.5 Å². The zero-order valence-electron chi connectivity index (χ0n) is 17.8. The van der Waals surface area contributed by atoms with Gasteiger partial charge >= 0.3 is 0 Å². The highest BCUT2D eigenvalue weighted by Crippen LogP contribution is 2.13. The molecule has 7 heteroatoms. The minimum Gasteiger partial charge on any atom is -0.379 e. The number of ether oxygens (including phenoxy) is 1. The van der Waals surface area contributed by atoms with Crippen molar-refractivity contribution in [2.24, 2.45) is 0 Å². The number of rotatable bonds is 6. The number of anilines is 1. The van der Waals surface area contributed by atoms with Crippen LogP contribution in [0.4, 0.5) is 5.69 Å². The zero-order valence-corrected chi connectivity index (χ0v) is 17.8. The van der Waals surface area contributed by atoms with Gasteiger partial charge in [0.1, 0.15) is 0 Å². The molecule has 2 fully saturated rings. The SMILES string of the molecule is O=C(Nc1ccccc1)c1ccc(CN2CCN(C(=O)CN3CCOCC3)CC2)cc1. The molecule has 0 spiro atoms. The predicted octanol–water partition coefficient (Wildman–Crippen LogP) is 1.92. The average molecular weight is 423 g/mol. The maximum Gasteiger partial charge on any atom is 0.255 e. The summed E-state index contributed by atoms with van der Waals surface area (Å²) < 4.78 is 5.35. The molecule has 2 amide bonds. The Morgan fingerprint density at radius 1 is 0.806 bits per heavy atom. The molecule has 2 aromatic rings. The van der Waals surface area contributed by atoms with Crippen LogP contribution >= 0.6 is 0 Å². The van der Waals surface area contributed by atoms with Gasteiger partial charge in [0.2, 0.25) is 5.91 Å². The Kier molecular flexibility index (Phi) is 7.30. The summed E-state index contributed by atoms with van der Waals surface area (Å²) in [6.45, 7) is 7.69. The van der Waals surface area contributed by atoms with Crippen LogP contribution in [0.3, 0.4) is 0 Å². The molecule has 0 bridgehead atoms. The molecule has 2 aliphatic rings. The zero-order chi connectivity index (χ0) is 21.5. The molecule has 1 N–H and O–H groups in total. The van der Waals surface area contributed by atoms with Gasteiger partial charge in [-0.05, 0) is 29.8 Å². The third-order valence-corrected chi connectivity index (χ3v) is 5.84. The number of nitrogens with zero attached hydrogens (tertiary/aromatic N) is 3. The molecule has 31 heavy (non-hydrogen) atoms. The second-order valence-electron chi connectivity index (χ2n) is 8.06. The monoisotopic (exact) mass is 422 g/mol. The Labute approximate surface area is 183 Å². The van der Waals surface area contributed by atoms with Crippen LogP contribution in [0.25, 0.3) is 0 Å². The van der Waals surface area contributed by atoms with Crippen LogP contribution in [-0.2, 0) is 16.1 Å². The number of carbonyl (C=O) groups is 2. The second kappa shape index (κ2) is 10.5. The van der Waals surface area contributed by atoms with Crippen LogP contribution in [0, 0.1) is 0 Å². The van der Waals surface area contributed by atoms with Crippen LogP contribution in [0.1, 0.15) is 15.9 Å². The van der Waals surface area contributed by atoms with E-state index in [9.17, 15) is 9.59 Å². The summed E-state index contributed by atoms with van der Waals surface area (Å²) in [5.74, 6) is 0.112. The molecule has 2 aliphatic heterocycles. The second-order valence-corrected chi connectivity index (χ2v) is 8.06. The van der Waals surface area contributed by atoms with E-state index in [-0.39, 0.29) is 11.8 Å². The summed E-state index contributed by atoms with van der Waals surface area (Å²) >= 11 is 0. The molecular weight excluding hydrogens is 392 g/mol. The van der Waals surface area contributed by atoms with Crippen molar-refractivity contribution < 1.29 is 14.3 Å². The number of para-hydroxylation sites is 1. The van der Waals surface area contributed by atoms with Gasteiger partial charge in [-0.1, -0.05) is 30.3 Å². The van der Waals surface area contributed by atoms with Gasteiger partial charge in [0.15, 0.2) is 0 Å². The topological polar surface area (TPSA) is 65.1 Å². The predicted molar refractivity (Wildman–Crippen MR) is 120 cm³/mol. The molecule has 0 aromatic heterocycles. The molecule has 0 radical (unpaired) electrons. The first kappa shape index (κ1) is 21.5. The largest absolute Gasteiger partial charge is 0.379 e. The third-order valence-electron chi connectivity index (χ3n) is 5.84. The lowest BCUT2D eigenvalue weighted by atomic mass is 10.1. The van der Waals surface area contributed by atoms with Gasteiger partial charge in [-0.3, -0.25) is 19.4 Å². The maximum atomic E-state index is 12.6. The van der Waals surface area contributed by atoms with Gasteiger partial charge in [0.25, 0.3) is 5.91 Å².